The maximum absolute atomic E-state index is 14.3. The Hall–Kier alpha value is -2.05. The van der Waals surface area contributed by atoms with Crippen LogP contribution in [-0.2, 0) is 15.1 Å². The van der Waals surface area contributed by atoms with Crippen LogP contribution in [0.3, 0.4) is 0 Å². The molecule has 1 aromatic carbocycles. The monoisotopic (exact) mass is 490 g/mol. The zero-order valence-corrected chi connectivity index (χ0v) is 20.9. The highest BCUT2D eigenvalue weighted by Crippen LogP contribution is 2.65. The number of fused-ring (bicyclic) bond motifs is 5. The molecule has 4 nitrogen and oxygen atoms in total. The second kappa shape index (κ2) is 8.24. The average molecular weight is 491 g/mol. The molecule has 1 aliphatic heterocycles. The molecular formula is C28H37F3N2O2. The Morgan fingerprint density at radius 2 is 1.66 bits per heavy atom. The van der Waals surface area contributed by atoms with Gasteiger partial charge in [0.25, 0.3) is 0 Å². The van der Waals surface area contributed by atoms with Gasteiger partial charge in [0, 0.05) is 18.4 Å². The molecule has 4 aliphatic rings. The standard InChI is InChI=1S/C28H37F3N2O2/c1-25-15-13-20-18(9-12-22-26(20,2)16-14-23(34)32-22)19(25)10-11-21(25)24(35)33-27(3,28(29,30)31)17-7-5-4-6-8-17/h4-8,18-22H,9-16H2,1-3H3,(H,32,34)(H,33,35)/t18?,19?,20?,21-,22-,25+,26-,27-/m1/s1. The molecule has 0 bridgehead atoms. The number of alkyl halides is 3. The molecule has 7 heteroatoms. The minimum absolute atomic E-state index is 0.0508. The van der Waals surface area contributed by atoms with Crippen LogP contribution in [-0.4, -0.2) is 24.0 Å². The van der Waals surface area contributed by atoms with E-state index in [4.69, 9.17) is 0 Å². The maximum Gasteiger partial charge on any atom is 0.415 e. The van der Waals surface area contributed by atoms with Crippen molar-refractivity contribution in [1.29, 1.82) is 0 Å². The van der Waals surface area contributed by atoms with Gasteiger partial charge in [-0.2, -0.15) is 13.2 Å². The second-order valence-corrected chi connectivity index (χ2v) is 12.2. The van der Waals surface area contributed by atoms with Crippen molar-refractivity contribution in [3.05, 3.63) is 35.9 Å². The van der Waals surface area contributed by atoms with Gasteiger partial charge in [0.05, 0.1) is 0 Å². The molecule has 4 fully saturated rings. The molecule has 0 radical (unpaired) electrons. The second-order valence-electron chi connectivity index (χ2n) is 12.2. The zero-order chi connectivity index (χ0) is 25.2. The van der Waals surface area contributed by atoms with E-state index in [2.05, 4.69) is 24.5 Å². The molecule has 35 heavy (non-hydrogen) atoms. The molecule has 1 saturated heterocycles. The first kappa shape index (κ1) is 24.6. The molecule has 3 unspecified atom stereocenters. The Balaban J connectivity index is 1.38. The third-order valence-electron chi connectivity index (χ3n) is 10.7. The molecule has 1 aromatic rings. The van der Waals surface area contributed by atoms with Gasteiger partial charge in [-0.1, -0.05) is 44.2 Å². The van der Waals surface area contributed by atoms with Crippen molar-refractivity contribution in [3.63, 3.8) is 0 Å². The van der Waals surface area contributed by atoms with Crippen molar-refractivity contribution in [2.24, 2.45) is 34.5 Å². The molecule has 2 N–H and O–H groups in total. The summed E-state index contributed by atoms with van der Waals surface area (Å²) < 4.78 is 42.8. The SMILES string of the molecule is C[C@]12CCC3C(CC[C@H]4NC(=O)CC[C@]34C)C1CC[C@@H]2C(=O)N[C@](C)(c1ccccc1)C(F)(F)F. The van der Waals surface area contributed by atoms with E-state index in [1.807, 2.05) is 0 Å². The summed E-state index contributed by atoms with van der Waals surface area (Å²) in [4.78, 5) is 25.6. The van der Waals surface area contributed by atoms with Gasteiger partial charge in [-0.3, -0.25) is 9.59 Å². The summed E-state index contributed by atoms with van der Waals surface area (Å²) in [5.41, 5.74) is -2.60. The molecule has 1 heterocycles. The zero-order valence-electron chi connectivity index (χ0n) is 20.9. The summed E-state index contributed by atoms with van der Waals surface area (Å²) in [6, 6.07) is 7.90. The quantitative estimate of drug-likeness (QED) is 0.570. The highest BCUT2D eigenvalue weighted by molar-refractivity contribution is 5.81. The summed E-state index contributed by atoms with van der Waals surface area (Å²) in [5, 5.41) is 5.70. The van der Waals surface area contributed by atoms with Crippen molar-refractivity contribution < 1.29 is 22.8 Å². The van der Waals surface area contributed by atoms with Crippen molar-refractivity contribution >= 4 is 11.8 Å². The first-order chi connectivity index (χ1) is 16.4. The van der Waals surface area contributed by atoms with Gasteiger partial charge < -0.3 is 10.6 Å². The van der Waals surface area contributed by atoms with Crippen LogP contribution in [0.4, 0.5) is 13.2 Å². The predicted octanol–water partition coefficient (Wildman–Crippen LogP) is 5.72. The highest BCUT2D eigenvalue weighted by atomic mass is 19.4. The van der Waals surface area contributed by atoms with Gasteiger partial charge >= 0.3 is 6.18 Å². The van der Waals surface area contributed by atoms with Crippen LogP contribution >= 0.6 is 0 Å². The Kier molecular flexibility index (Phi) is 5.80. The first-order valence-electron chi connectivity index (χ1n) is 13.1. The van der Waals surface area contributed by atoms with E-state index >= 15 is 0 Å². The molecule has 2 amide bonds. The molecule has 5 rings (SSSR count). The number of carbonyl (C=O) groups is 2. The fourth-order valence-corrected chi connectivity index (χ4v) is 8.54. The third kappa shape index (κ3) is 3.71. The fraction of sp³-hybridized carbons (Fsp3) is 0.714. The van der Waals surface area contributed by atoms with Crippen LogP contribution in [0.5, 0.6) is 0 Å². The fourth-order valence-electron chi connectivity index (χ4n) is 8.54. The lowest BCUT2D eigenvalue weighted by Gasteiger charge is -2.60. The van der Waals surface area contributed by atoms with Crippen molar-refractivity contribution in [2.45, 2.75) is 89.9 Å². The molecule has 3 aliphatic carbocycles. The van der Waals surface area contributed by atoms with E-state index in [0.29, 0.717) is 30.6 Å². The van der Waals surface area contributed by atoms with E-state index in [1.54, 1.807) is 18.2 Å². The highest BCUT2D eigenvalue weighted by Gasteiger charge is 2.62. The lowest BCUT2D eigenvalue weighted by atomic mass is 9.47. The molecule has 192 valence electrons. The molecule has 0 spiro atoms. The molecule has 8 atom stereocenters. The van der Waals surface area contributed by atoms with Gasteiger partial charge in [0.15, 0.2) is 5.54 Å². The van der Waals surface area contributed by atoms with Crippen LogP contribution in [0.25, 0.3) is 0 Å². The normalized spacial score (nSPS) is 40.5. The lowest BCUT2D eigenvalue weighted by Crippen LogP contribution is -2.61. The van der Waals surface area contributed by atoms with Crippen LogP contribution in [0.2, 0.25) is 0 Å². The van der Waals surface area contributed by atoms with Crippen LogP contribution in [0, 0.1) is 34.5 Å². The van der Waals surface area contributed by atoms with E-state index in [1.165, 1.54) is 12.1 Å². The summed E-state index contributed by atoms with van der Waals surface area (Å²) in [6.07, 6.45) is 2.17. The lowest BCUT2D eigenvalue weighted by molar-refractivity contribution is -0.199. The van der Waals surface area contributed by atoms with Crippen molar-refractivity contribution in [2.75, 3.05) is 0 Å². The van der Waals surface area contributed by atoms with E-state index in [0.717, 1.165) is 45.4 Å². The van der Waals surface area contributed by atoms with Gasteiger partial charge in [-0.15, -0.1) is 0 Å². The molecule has 0 aromatic heterocycles. The summed E-state index contributed by atoms with van der Waals surface area (Å²) in [6.45, 7) is 5.55. The molecular weight excluding hydrogens is 453 g/mol. The van der Waals surface area contributed by atoms with Crippen LogP contribution < -0.4 is 10.6 Å². The van der Waals surface area contributed by atoms with Gasteiger partial charge in [-0.25, -0.2) is 0 Å². The van der Waals surface area contributed by atoms with E-state index < -0.39 is 23.5 Å². The number of piperidine rings is 1. The predicted molar refractivity (Wildman–Crippen MR) is 127 cm³/mol. The Morgan fingerprint density at radius 3 is 2.34 bits per heavy atom. The third-order valence-corrected chi connectivity index (χ3v) is 10.7. The smallest absolute Gasteiger partial charge is 0.353 e. The number of hydrogen-bond acceptors (Lipinski definition) is 2. The minimum atomic E-state index is -4.61. The first-order valence-corrected chi connectivity index (χ1v) is 13.1. The number of benzene rings is 1. The van der Waals surface area contributed by atoms with E-state index in [-0.39, 0.29) is 28.3 Å². The number of nitrogens with one attached hydrogen (secondary N) is 2. The Labute approximate surface area is 205 Å². The van der Waals surface area contributed by atoms with Crippen LogP contribution in [0.15, 0.2) is 30.3 Å². The summed E-state index contributed by atoms with van der Waals surface area (Å²) in [5.74, 6) is 0.548. The Morgan fingerprint density at radius 1 is 0.971 bits per heavy atom. The van der Waals surface area contributed by atoms with Crippen LogP contribution in [0.1, 0.15) is 77.7 Å². The van der Waals surface area contributed by atoms with Gasteiger partial charge in [0.1, 0.15) is 0 Å². The number of rotatable bonds is 3. The molecule has 3 saturated carbocycles. The largest absolute Gasteiger partial charge is 0.415 e. The van der Waals surface area contributed by atoms with Gasteiger partial charge in [0.2, 0.25) is 11.8 Å². The topological polar surface area (TPSA) is 58.2 Å². The number of halogens is 3. The number of carbonyl (C=O) groups excluding carboxylic acids is 2. The maximum atomic E-state index is 14.3. The van der Waals surface area contributed by atoms with Gasteiger partial charge in [-0.05, 0) is 86.0 Å². The van der Waals surface area contributed by atoms with Crippen molar-refractivity contribution in [3.8, 4) is 0 Å². The number of hydrogen-bond donors (Lipinski definition) is 2. The summed E-state index contributed by atoms with van der Waals surface area (Å²) in [7, 11) is 0. The average Bonchev–Trinajstić information content (AvgIpc) is 3.16. The summed E-state index contributed by atoms with van der Waals surface area (Å²) >= 11 is 0. The van der Waals surface area contributed by atoms with Crippen molar-refractivity contribution in [1.82, 2.24) is 10.6 Å². The Bertz CT molecular complexity index is 998. The minimum Gasteiger partial charge on any atom is -0.353 e. The van der Waals surface area contributed by atoms with E-state index in [9.17, 15) is 22.8 Å². The number of amides is 2.